The summed E-state index contributed by atoms with van der Waals surface area (Å²) in [5.74, 6) is 1.02. The van der Waals surface area contributed by atoms with Crippen LogP contribution in [0.1, 0.15) is 6.92 Å². The molecule has 0 aromatic heterocycles. The lowest BCUT2D eigenvalue weighted by Crippen LogP contribution is -2.62. The molecule has 7 nitrogen and oxygen atoms in total. The fourth-order valence-electron chi connectivity index (χ4n) is 3.71. The van der Waals surface area contributed by atoms with Crippen molar-refractivity contribution < 1.29 is 9.47 Å². The zero-order valence-electron chi connectivity index (χ0n) is 14.5. The van der Waals surface area contributed by atoms with Crippen molar-refractivity contribution in [2.24, 2.45) is 4.99 Å². The molecule has 4 rings (SSSR count). The molecule has 4 heterocycles. The van der Waals surface area contributed by atoms with Gasteiger partial charge in [0.15, 0.2) is 5.96 Å². The highest BCUT2D eigenvalue weighted by Crippen LogP contribution is 2.16. The van der Waals surface area contributed by atoms with Crippen molar-refractivity contribution in [1.82, 2.24) is 20.0 Å². The zero-order valence-corrected chi connectivity index (χ0v) is 14.5. The quantitative estimate of drug-likeness (QED) is 0.533. The molecule has 132 valence electrons. The number of morpholine rings is 1. The molecule has 23 heavy (non-hydrogen) atoms. The van der Waals surface area contributed by atoms with Crippen LogP contribution in [0.3, 0.4) is 0 Å². The number of nitrogens with zero attached hydrogens (tertiary/aromatic N) is 4. The van der Waals surface area contributed by atoms with Crippen molar-refractivity contribution in [1.29, 1.82) is 0 Å². The third-order valence-electron chi connectivity index (χ3n) is 4.97. The van der Waals surface area contributed by atoms with Crippen LogP contribution in [0.25, 0.3) is 0 Å². The molecule has 4 fully saturated rings. The van der Waals surface area contributed by atoms with Gasteiger partial charge in [-0.05, 0) is 6.92 Å². The molecule has 0 aromatic carbocycles. The van der Waals surface area contributed by atoms with Crippen molar-refractivity contribution >= 4 is 5.96 Å². The largest absolute Gasteiger partial charge is 0.382 e. The second kappa shape index (κ2) is 8.28. The number of hydrogen-bond donors (Lipinski definition) is 1. The van der Waals surface area contributed by atoms with E-state index >= 15 is 0 Å². The van der Waals surface area contributed by atoms with Crippen LogP contribution in [0.15, 0.2) is 4.99 Å². The van der Waals surface area contributed by atoms with E-state index in [2.05, 4.69) is 26.9 Å². The number of fused-ring (bicyclic) bond motifs is 3. The van der Waals surface area contributed by atoms with E-state index in [1.807, 2.05) is 0 Å². The Labute approximate surface area is 139 Å². The number of rotatable bonds is 5. The van der Waals surface area contributed by atoms with Crippen LogP contribution in [-0.4, -0.2) is 112 Å². The van der Waals surface area contributed by atoms with Gasteiger partial charge in [-0.25, -0.2) is 0 Å². The first-order valence-electron chi connectivity index (χ1n) is 8.90. The van der Waals surface area contributed by atoms with E-state index in [1.54, 1.807) is 7.11 Å². The molecule has 0 radical (unpaired) electrons. The highest BCUT2D eigenvalue weighted by molar-refractivity contribution is 5.80. The summed E-state index contributed by atoms with van der Waals surface area (Å²) in [5.41, 5.74) is 0. The van der Waals surface area contributed by atoms with E-state index in [0.717, 1.165) is 45.3 Å². The average Bonchev–Trinajstić information content (AvgIpc) is 2.60. The Morgan fingerprint density at radius 1 is 1.22 bits per heavy atom. The maximum Gasteiger partial charge on any atom is 0.194 e. The van der Waals surface area contributed by atoms with Crippen LogP contribution in [-0.2, 0) is 9.47 Å². The van der Waals surface area contributed by atoms with E-state index < -0.39 is 0 Å². The summed E-state index contributed by atoms with van der Waals surface area (Å²) in [6, 6.07) is 0.571. The maximum absolute atomic E-state index is 5.75. The molecule has 0 aliphatic carbocycles. The predicted molar refractivity (Wildman–Crippen MR) is 91.0 cm³/mol. The summed E-state index contributed by atoms with van der Waals surface area (Å²) in [5, 5.41) is 3.45. The van der Waals surface area contributed by atoms with Crippen molar-refractivity contribution in [3.8, 4) is 0 Å². The molecule has 0 amide bonds. The van der Waals surface area contributed by atoms with Gasteiger partial charge < -0.3 is 19.7 Å². The minimum Gasteiger partial charge on any atom is -0.382 e. The summed E-state index contributed by atoms with van der Waals surface area (Å²) in [7, 11) is 1.73. The smallest absolute Gasteiger partial charge is 0.194 e. The number of methoxy groups -OCH3 is 1. The first-order valence-corrected chi connectivity index (χ1v) is 8.90. The summed E-state index contributed by atoms with van der Waals surface area (Å²) in [6.45, 7) is 13.0. The predicted octanol–water partition coefficient (Wildman–Crippen LogP) is -0.701. The van der Waals surface area contributed by atoms with E-state index in [4.69, 9.17) is 14.5 Å². The molecule has 0 spiro atoms. The van der Waals surface area contributed by atoms with Crippen LogP contribution >= 0.6 is 0 Å². The van der Waals surface area contributed by atoms with Gasteiger partial charge >= 0.3 is 0 Å². The van der Waals surface area contributed by atoms with Gasteiger partial charge in [0.05, 0.1) is 25.9 Å². The Morgan fingerprint density at radius 2 is 2.04 bits per heavy atom. The third kappa shape index (κ3) is 4.35. The standard InChI is InChI=1S/C16H31N5O2/c1-3-17-16(21-8-9-23-15(12-21)13-22-2)18-10-14-11-19-4-6-20(14)7-5-19/h14-15H,3-13H2,1-2H3,(H,17,18). The number of aliphatic imine (C=N–C) groups is 1. The monoisotopic (exact) mass is 325 g/mol. The second-order valence-electron chi connectivity index (χ2n) is 6.58. The molecule has 7 heteroatoms. The molecule has 4 aliphatic rings. The van der Waals surface area contributed by atoms with Crippen LogP contribution < -0.4 is 5.32 Å². The number of piperazine rings is 3. The molecule has 4 aliphatic heterocycles. The van der Waals surface area contributed by atoms with Crippen LogP contribution in [0, 0.1) is 0 Å². The Hall–Kier alpha value is -0.890. The van der Waals surface area contributed by atoms with Gasteiger partial charge in [0, 0.05) is 65.5 Å². The van der Waals surface area contributed by atoms with Gasteiger partial charge in [-0.2, -0.15) is 0 Å². The lowest BCUT2D eigenvalue weighted by atomic mass is 10.1. The molecule has 1 N–H and O–H groups in total. The number of hydrogen-bond acceptors (Lipinski definition) is 5. The topological polar surface area (TPSA) is 52.6 Å². The second-order valence-corrected chi connectivity index (χ2v) is 6.58. The van der Waals surface area contributed by atoms with E-state index in [9.17, 15) is 0 Å². The molecule has 4 saturated heterocycles. The Bertz CT molecular complexity index is 396. The van der Waals surface area contributed by atoms with Gasteiger partial charge in [0.1, 0.15) is 0 Å². The van der Waals surface area contributed by atoms with E-state index in [1.165, 1.54) is 26.2 Å². The van der Waals surface area contributed by atoms with Crippen LogP contribution in [0.2, 0.25) is 0 Å². The summed E-state index contributed by atoms with van der Waals surface area (Å²) in [6.07, 6.45) is 0.137. The number of guanidine groups is 1. The molecule has 2 unspecified atom stereocenters. The number of nitrogens with one attached hydrogen (secondary N) is 1. The van der Waals surface area contributed by atoms with Crippen molar-refractivity contribution in [3.05, 3.63) is 0 Å². The zero-order chi connectivity index (χ0) is 16.1. The lowest BCUT2D eigenvalue weighted by molar-refractivity contribution is -0.0448. The number of ether oxygens (including phenoxy) is 2. The highest BCUT2D eigenvalue weighted by Gasteiger charge is 2.32. The summed E-state index contributed by atoms with van der Waals surface area (Å²) < 4.78 is 11.0. The Balaban J connectivity index is 1.58. The lowest BCUT2D eigenvalue weighted by Gasteiger charge is -2.47. The first kappa shape index (κ1) is 17.0. The SMILES string of the molecule is CCNC(=NCC1CN2CCN1CC2)N1CCOC(COC)C1. The van der Waals surface area contributed by atoms with E-state index in [-0.39, 0.29) is 6.10 Å². The Morgan fingerprint density at radius 3 is 2.70 bits per heavy atom. The van der Waals surface area contributed by atoms with Crippen molar-refractivity contribution in [3.63, 3.8) is 0 Å². The fraction of sp³-hybridized carbons (Fsp3) is 0.938. The molecule has 0 saturated carbocycles. The normalized spacial score (nSPS) is 34.7. The molecule has 2 bridgehead atoms. The molecular weight excluding hydrogens is 294 g/mol. The van der Waals surface area contributed by atoms with Crippen LogP contribution in [0.4, 0.5) is 0 Å². The third-order valence-corrected chi connectivity index (χ3v) is 4.97. The van der Waals surface area contributed by atoms with Gasteiger partial charge in [-0.1, -0.05) is 0 Å². The maximum atomic E-state index is 5.75. The Kier molecular flexibility index (Phi) is 6.10. The highest BCUT2D eigenvalue weighted by atomic mass is 16.5. The van der Waals surface area contributed by atoms with Gasteiger partial charge in [-0.15, -0.1) is 0 Å². The fourth-order valence-corrected chi connectivity index (χ4v) is 3.71. The van der Waals surface area contributed by atoms with Crippen LogP contribution in [0.5, 0.6) is 0 Å². The average molecular weight is 325 g/mol. The van der Waals surface area contributed by atoms with Gasteiger partial charge in [-0.3, -0.25) is 14.8 Å². The minimum absolute atomic E-state index is 0.137. The van der Waals surface area contributed by atoms with Gasteiger partial charge in [0.2, 0.25) is 0 Å². The first-order chi connectivity index (χ1) is 11.3. The van der Waals surface area contributed by atoms with Crippen molar-refractivity contribution in [2.45, 2.75) is 19.1 Å². The summed E-state index contributed by atoms with van der Waals surface area (Å²) >= 11 is 0. The molecule has 2 atom stereocenters. The van der Waals surface area contributed by atoms with Gasteiger partial charge in [0.25, 0.3) is 0 Å². The minimum atomic E-state index is 0.137. The van der Waals surface area contributed by atoms with E-state index in [0.29, 0.717) is 12.6 Å². The molecular formula is C16H31N5O2. The summed E-state index contributed by atoms with van der Waals surface area (Å²) in [4.78, 5) is 12.4. The van der Waals surface area contributed by atoms with Crippen molar-refractivity contribution in [2.75, 3.05) is 79.2 Å². The molecule has 0 aromatic rings.